The van der Waals surface area contributed by atoms with Crippen LogP contribution in [0.3, 0.4) is 0 Å². The van der Waals surface area contributed by atoms with E-state index >= 15 is 0 Å². The van der Waals surface area contributed by atoms with Gasteiger partial charge in [-0.1, -0.05) is 18.2 Å². The summed E-state index contributed by atoms with van der Waals surface area (Å²) in [4.78, 5) is 21.1. The molecule has 0 bridgehead atoms. The summed E-state index contributed by atoms with van der Waals surface area (Å²) >= 11 is 1.47. The standard InChI is InChI=1S/C18H23N3O3S/c1-23-13-17-19-16(14-25-17)18(22)21-9-7-20(8-10-21)11-12-24-15-5-3-2-4-6-15/h2-6,14H,7-13H2,1H3. The van der Waals surface area contributed by atoms with Gasteiger partial charge in [-0.3, -0.25) is 9.69 Å². The number of carbonyl (C=O) groups excluding carboxylic acids is 1. The highest BCUT2D eigenvalue weighted by Gasteiger charge is 2.23. The maximum Gasteiger partial charge on any atom is 0.273 e. The van der Waals surface area contributed by atoms with Gasteiger partial charge in [-0.2, -0.15) is 0 Å². The molecule has 3 rings (SSSR count). The van der Waals surface area contributed by atoms with Crippen molar-refractivity contribution in [2.45, 2.75) is 6.61 Å². The monoisotopic (exact) mass is 361 g/mol. The second-order valence-electron chi connectivity index (χ2n) is 5.85. The van der Waals surface area contributed by atoms with Gasteiger partial charge in [0, 0.05) is 45.2 Å². The van der Waals surface area contributed by atoms with E-state index in [2.05, 4.69) is 9.88 Å². The first kappa shape index (κ1) is 17.8. The fourth-order valence-electron chi connectivity index (χ4n) is 2.74. The molecule has 1 fully saturated rings. The number of methoxy groups -OCH3 is 1. The normalized spacial score (nSPS) is 15.3. The van der Waals surface area contributed by atoms with Crippen LogP contribution >= 0.6 is 11.3 Å². The molecule has 2 aromatic rings. The number of aromatic nitrogens is 1. The number of para-hydroxylation sites is 1. The fourth-order valence-corrected chi connectivity index (χ4v) is 3.48. The van der Waals surface area contributed by atoms with Crippen LogP contribution < -0.4 is 4.74 Å². The lowest BCUT2D eigenvalue weighted by molar-refractivity contribution is 0.0615. The van der Waals surface area contributed by atoms with E-state index in [1.165, 1.54) is 11.3 Å². The highest BCUT2D eigenvalue weighted by Crippen LogP contribution is 2.14. The van der Waals surface area contributed by atoms with Crippen molar-refractivity contribution >= 4 is 17.2 Å². The Balaban J connectivity index is 1.41. The number of nitrogens with zero attached hydrogens (tertiary/aromatic N) is 3. The van der Waals surface area contributed by atoms with Gasteiger partial charge < -0.3 is 14.4 Å². The molecule has 6 nitrogen and oxygen atoms in total. The molecule has 0 aliphatic carbocycles. The minimum Gasteiger partial charge on any atom is -0.492 e. The molecule has 2 heterocycles. The summed E-state index contributed by atoms with van der Waals surface area (Å²) in [5, 5.41) is 2.65. The number of benzene rings is 1. The molecule has 0 unspecified atom stereocenters. The quantitative estimate of drug-likeness (QED) is 0.756. The third kappa shape index (κ3) is 5.01. The van der Waals surface area contributed by atoms with Crippen LogP contribution in [0, 0.1) is 0 Å². The van der Waals surface area contributed by atoms with Gasteiger partial charge >= 0.3 is 0 Å². The Labute approximate surface area is 152 Å². The summed E-state index contributed by atoms with van der Waals surface area (Å²) in [6.07, 6.45) is 0. The van der Waals surface area contributed by atoms with Crippen molar-refractivity contribution in [2.75, 3.05) is 46.4 Å². The van der Waals surface area contributed by atoms with Gasteiger partial charge in [-0.25, -0.2) is 4.98 Å². The largest absolute Gasteiger partial charge is 0.492 e. The number of carbonyl (C=O) groups is 1. The zero-order valence-corrected chi connectivity index (χ0v) is 15.2. The first-order chi connectivity index (χ1) is 12.3. The van der Waals surface area contributed by atoms with Gasteiger partial charge in [0.25, 0.3) is 5.91 Å². The van der Waals surface area contributed by atoms with Crippen LogP contribution in [0.2, 0.25) is 0 Å². The number of ether oxygens (including phenoxy) is 2. The summed E-state index contributed by atoms with van der Waals surface area (Å²) in [7, 11) is 1.63. The highest BCUT2D eigenvalue weighted by molar-refractivity contribution is 7.09. The molecule has 7 heteroatoms. The van der Waals surface area contributed by atoms with Crippen LogP contribution in [0.5, 0.6) is 5.75 Å². The Morgan fingerprint density at radius 3 is 2.68 bits per heavy atom. The topological polar surface area (TPSA) is 54.9 Å². The molecule has 1 amide bonds. The Morgan fingerprint density at radius 1 is 1.20 bits per heavy atom. The van der Waals surface area contributed by atoms with Gasteiger partial charge in [0.2, 0.25) is 0 Å². The Bertz CT molecular complexity index is 669. The van der Waals surface area contributed by atoms with E-state index in [0.29, 0.717) is 18.9 Å². The second kappa shape index (κ2) is 8.94. The van der Waals surface area contributed by atoms with E-state index in [9.17, 15) is 4.79 Å². The number of rotatable bonds is 7. The van der Waals surface area contributed by atoms with E-state index in [1.54, 1.807) is 7.11 Å². The summed E-state index contributed by atoms with van der Waals surface area (Å²) < 4.78 is 10.8. The molecule has 134 valence electrons. The number of hydrogen-bond donors (Lipinski definition) is 0. The van der Waals surface area contributed by atoms with Crippen LogP contribution in [-0.4, -0.2) is 67.1 Å². The third-order valence-electron chi connectivity index (χ3n) is 4.12. The average molecular weight is 361 g/mol. The maximum absolute atomic E-state index is 12.5. The van der Waals surface area contributed by atoms with Crippen LogP contribution in [-0.2, 0) is 11.3 Å². The van der Waals surface area contributed by atoms with Crippen molar-refractivity contribution in [1.29, 1.82) is 0 Å². The zero-order valence-electron chi connectivity index (χ0n) is 14.4. The zero-order chi connectivity index (χ0) is 17.5. The molecule has 1 aromatic carbocycles. The molecule has 1 aromatic heterocycles. The molecule has 0 spiro atoms. The van der Waals surface area contributed by atoms with Gasteiger partial charge in [0.05, 0.1) is 6.61 Å². The Hall–Kier alpha value is -1.96. The molecule has 0 radical (unpaired) electrons. The van der Waals surface area contributed by atoms with Crippen LogP contribution in [0.1, 0.15) is 15.5 Å². The van der Waals surface area contributed by atoms with Gasteiger partial charge in [0.1, 0.15) is 23.1 Å². The molecule has 0 N–H and O–H groups in total. The Kier molecular flexibility index (Phi) is 6.38. The van der Waals surface area contributed by atoms with Crippen molar-refractivity contribution in [1.82, 2.24) is 14.8 Å². The lowest BCUT2D eigenvalue weighted by Crippen LogP contribution is -2.49. The molecule has 0 saturated carbocycles. The van der Waals surface area contributed by atoms with E-state index in [-0.39, 0.29) is 5.91 Å². The summed E-state index contributed by atoms with van der Waals surface area (Å²) in [5.41, 5.74) is 0.526. The lowest BCUT2D eigenvalue weighted by atomic mass is 10.3. The van der Waals surface area contributed by atoms with Crippen molar-refractivity contribution in [3.63, 3.8) is 0 Å². The molecule has 0 atom stereocenters. The highest BCUT2D eigenvalue weighted by atomic mass is 32.1. The Morgan fingerprint density at radius 2 is 1.96 bits per heavy atom. The number of amides is 1. The summed E-state index contributed by atoms with van der Waals surface area (Å²) in [6.45, 7) is 5.14. The smallest absolute Gasteiger partial charge is 0.273 e. The minimum atomic E-state index is 0.0128. The van der Waals surface area contributed by atoms with Gasteiger partial charge in [-0.15, -0.1) is 11.3 Å². The predicted molar refractivity (Wildman–Crippen MR) is 97.1 cm³/mol. The van der Waals surface area contributed by atoms with Crippen LogP contribution in [0.4, 0.5) is 0 Å². The predicted octanol–water partition coefficient (Wildman–Crippen LogP) is 2.13. The third-order valence-corrected chi connectivity index (χ3v) is 4.94. The summed E-state index contributed by atoms with van der Waals surface area (Å²) in [6, 6.07) is 9.83. The van der Waals surface area contributed by atoms with Crippen molar-refractivity contribution in [3.05, 3.63) is 46.4 Å². The molecule has 1 aliphatic heterocycles. The maximum atomic E-state index is 12.5. The van der Waals surface area contributed by atoms with Gasteiger partial charge in [0.15, 0.2) is 0 Å². The van der Waals surface area contributed by atoms with Crippen LogP contribution in [0.25, 0.3) is 0 Å². The molecule has 1 saturated heterocycles. The van der Waals surface area contributed by atoms with E-state index < -0.39 is 0 Å². The number of piperazine rings is 1. The second-order valence-corrected chi connectivity index (χ2v) is 6.80. The van der Waals surface area contributed by atoms with Crippen molar-refractivity contribution in [2.24, 2.45) is 0 Å². The summed E-state index contributed by atoms with van der Waals surface area (Å²) in [5.74, 6) is 0.908. The number of thiazole rings is 1. The molecular formula is C18H23N3O3S. The SMILES string of the molecule is COCc1nc(C(=O)N2CCN(CCOc3ccccc3)CC2)cs1. The molecule has 25 heavy (non-hydrogen) atoms. The van der Waals surface area contributed by atoms with Crippen molar-refractivity contribution < 1.29 is 14.3 Å². The fraction of sp³-hybridized carbons (Fsp3) is 0.444. The van der Waals surface area contributed by atoms with Gasteiger partial charge in [-0.05, 0) is 12.1 Å². The van der Waals surface area contributed by atoms with E-state index in [0.717, 1.165) is 43.5 Å². The lowest BCUT2D eigenvalue weighted by Gasteiger charge is -2.34. The van der Waals surface area contributed by atoms with Crippen molar-refractivity contribution in [3.8, 4) is 5.75 Å². The van der Waals surface area contributed by atoms with Crippen LogP contribution in [0.15, 0.2) is 35.7 Å². The average Bonchev–Trinajstić information content (AvgIpc) is 3.12. The first-order valence-corrected chi connectivity index (χ1v) is 9.27. The van der Waals surface area contributed by atoms with E-state index in [1.807, 2.05) is 40.6 Å². The molecule has 1 aliphatic rings. The number of hydrogen-bond acceptors (Lipinski definition) is 6. The first-order valence-electron chi connectivity index (χ1n) is 8.39. The molecular weight excluding hydrogens is 338 g/mol. The minimum absolute atomic E-state index is 0.0128. The van der Waals surface area contributed by atoms with E-state index in [4.69, 9.17) is 9.47 Å².